The molecule has 21 heavy (non-hydrogen) atoms. The van der Waals surface area contributed by atoms with Gasteiger partial charge in [0.25, 0.3) is 5.91 Å². The number of halogens is 1. The Morgan fingerprint density at radius 3 is 2.57 bits per heavy atom. The molecule has 1 aromatic heterocycles. The molecule has 0 aliphatic carbocycles. The predicted molar refractivity (Wildman–Crippen MR) is 81.9 cm³/mol. The maximum Gasteiger partial charge on any atom is 0.349 e. The molecule has 2 aromatic carbocycles. The number of fused-ring (bicyclic) bond motifs is 1. The zero-order valence-corrected chi connectivity index (χ0v) is 11.6. The molecule has 1 N–H and O–H groups in total. The maximum atomic E-state index is 12.2. The van der Waals surface area contributed by atoms with E-state index >= 15 is 0 Å². The molecule has 0 spiro atoms. The first-order valence-electron chi connectivity index (χ1n) is 6.24. The zero-order valence-electron chi connectivity index (χ0n) is 10.8. The molecule has 0 unspecified atom stereocenters. The first-order valence-corrected chi connectivity index (χ1v) is 6.62. The molecule has 5 heteroatoms. The van der Waals surface area contributed by atoms with Gasteiger partial charge in [-0.2, -0.15) is 0 Å². The highest BCUT2D eigenvalue weighted by molar-refractivity contribution is 6.33. The summed E-state index contributed by atoms with van der Waals surface area (Å²) in [6.07, 6.45) is 0. The molecular formula is C16H10ClNO3. The first-order chi connectivity index (χ1) is 10.1. The Kier molecular flexibility index (Phi) is 3.46. The minimum Gasteiger partial charge on any atom is -0.422 e. The quantitative estimate of drug-likeness (QED) is 0.734. The van der Waals surface area contributed by atoms with Crippen molar-refractivity contribution in [3.63, 3.8) is 0 Å². The third-order valence-electron chi connectivity index (χ3n) is 3.01. The normalized spacial score (nSPS) is 10.5. The summed E-state index contributed by atoms with van der Waals surface area (Å²) in [6, 6.07) is 15.3. The van der Waals surface area contributed by atoms with Crippen LogP contribution in [0.1, 0.15) is 10.4 Å². The SMILES string of the molecule is O=C(Nc1ccccc1Cl)c1cc2ccccc2oc1=O. The number of hydrogen-bond donors (Lipinski definition) is 1. The molecule has 0 aliphatic rings. The first kappa shape index (κ1) is 13.4. The molecular weight excluding hydrogens is 290 g/mol. The van der Waals surface area contributed by atoms with Gasteiger partial charge in [-0.1, -0.05) is 41.9 Å². The smallest absolute Gasteiger partial charge is 0.349 e. The summed E-state index contributed by atoms with van der Waals surface area (Å²) in [5, 5.41) is 3.68. The largest absolute Gasteiger partial charge is 0.422 e. The number of anilines is 1. The highest BCUT2D eigenvalue weighted by atomic mass is 35.5. The van der Waals surface area contributed by atoms with Crippen LogP contribution in [0.2, 0.25) is 5.02 Å². The van der Waals surface area contributed by atoms with Crippen molar-refractivity contribution in [2.45, 2.75) is 0 Å². The van der Waals surface area contributed by atoms with Crippen LogP contribution < -0.4 is 10.9 Å². The summed E-state index contributed by atoms with van der Waals surface area (Å²) in [6.45, 7) is 0. The molecule has 0 atom stereocenters. The fourth-order valence-corrected chi connectivity index (χ4v) is 2.16. The average molecular weight is 300 g/mol. The topological polar surface area (TPSA) is 59.3 Å². The van der Waals surface area contributed by atoms with Crippen molar-refractivity contribution in [3.05, 3.63) is 75.6 Å². The summed E-state index contributed by atoms with van der Waals surface area (Å²) in [5.74, 6) is -0.553. The standard InChI is InChI=1S/C16H10ClNO3/c17-12-6-2-3-7-13(12)18-15(19)11-9-10-5-1-4-8-14(10)21-16(11)20/h1-9H,(H,18,19). The second-order valence-electron chi connectivity index (χ2n) is 4.42. The third kappa shape index (κ3) is 2.66. The monoisotopic (exact) mass is 299 g/mol. The number of hydrogen-bond acceptors (Lipinski definition) is 3. The Bertz CT molecular complexity index is 886. The number of nitrogens with one attached hydrogen (secondary N) is 1. The van der Waals surface area contributed by atoms with Gasteiger partial charge in [-0.25, -0.2) is 4.79 Å². The van der Waals surface area contributed by atoms with Gasteiger partial charge in [-0.05, 0) is 24.3 Å². The van der Waals surface area contributed by atoms with Gasteiger partial charge in [0.2, 0.25) is 0 Å². The van der Waals surface area contributed by atoms with Gasteiger partial charge in [0.1, 0.15) is 11.1 Å². The number of amides is 1. The van der Waals surface area contributed by atoms with E-state index in [1.807, 2.05) is 0 Å². The average Bonchev–Trinajstić information content (AvgIpc) is 2.49. The summed E-state index contributed by atoms with van der Waals surface area (Å²) in [5.41, 5.74) is 0.139. The highest BCUT2D eigenvalue weighted by Crippen LogP contribution is 2.21. The van der Waals surface area contributed by atoms with Gasteiger partial charge in [0, 0.05) is 5.39 Å². The molecule has 4 nitrogen and oxygen atoms in total. The van der Waals surface area contributed by atoms with Crippen molar-refractivity contribution < 1.29 is 9.21 Å². The highest BCUT2D eigenvalue weighted by Gasteiger charge is 2.14. The predicted octanol–water partition coefficient (Wildman–Crippen LogP) is 3.70. The van der Waals surface area contributed by atoms with Crippen LogP contribution in [0.15, 0.2) is 63.8 Å². The zero-order chi connectivity index (χ0) is 14.8. The van der Waals surface area contributed by atoms with Crippen LogP contribution in [0.25, 0.3) is 11.0 Å². The molecule has 3 aromatic rings. The van der Waals surface area contributed by atoms with E-state index in [0.717, 1.165) is 0 Å². The van der Waals surface area contributed by atoms with E-state index in [2.05, 4.69) is 5.32 Å². The Morgan fingerprint density at radius 1 is 1.05 bits per heavy atom. The van der Waals surface area contributed by atoms with E-state index in [1.54, 1.807) is 48.5 Å². The number of carbonyl (C=O) groups excluding carboxylic acids is 1. The lowest BCUT2D eigenvalue weighted by atomic mass is 10.1. The van der Waals surface area contributed by atoms with Gasteiger partial charge >= 0.3 is 5.63 Å². The van der Waals surface area contributed by atoms with Crippen LogP contribution in [0, 0.1) is 0 Å². The minimum absolute atomic E-state index is 0.0615. The molecule has 1 heterocycles. The fraction of sp³-hybridized carbons (Fsp3) is 0. The molecule has 0 saturated heterocycles. The molecule has 0 saturated carbocycles. The molecule has 0 aliphatic heterocycles. The minimum atomic E-state index is -0.682. The molecule has 0 radical (unpaired) electrons. The molecule has 104 valence electrons. The maximum absolute atomic E-state index is 12.2. The van der Waals surface area contributed by atoms with Crippen LogP contribution in [0.5, 0.6) is 0 Å². The second kappa shape index (κ2) is 5.42. The van der Waals surface area contributed by atoms with Gasteiger partial charge in [0.05, 0.1) is 10.7 Å². The summed E-state index contributed by atoms with van der Waals surface area (Å²) >= 11 is 5.97. The van der Waals surface area contributed by atoms with E-state index < -0.39 is 11.5 Å². The molecule has 1 amide bonds. The van der Waals surface area contributed by atoms with Crippen molar-refractivity contribution in [2.24, 2.45) is 0 Å². The van der Waals surface area contributed by atoms with E-state index in [1.165, 1.54) is 6.07 Å². The second-order valence-corrected chi connectivity index (χ2v) is 4.83. The lowest BCUT2D eigenvalue weighted by Gasteiger charge is -2.06. The van der Waals surface area contributed by atoms with Gasteiger partial charge in [-0.3, -0.25) is 4.79 Å². The Hall–Kier alpha value is -2.59. The number of rotatable bonds is 2. The van der Waals surface area contributed by atoms with Gasteiger partial charge < -0.3 is 9.73 Å². The number of carbonyl (C=O) groups is 1. The lowest BCUT2D eigenvalue weighted by Crippen LogP contribution is -2.20. The van der Waals surface area contributed by atoms with E-state index in [-0.39, 0.29) is 5.56 Å². The summed E-state index contributed by atoms with van der Waals surface area (Å²) in [7, 11) is 0. The van der Waals surface area contributed by atoms with Crippen molar-refractivity contribution in [2.75, 3.05) is 5.32 Å². The Labute approximate surface area is 125 Å². The van der Waals surface area contributed by atoms with Gasteiger partial charge in [-0.15, -0.1) is 0 Å². The molecule has 0 fully saturated rings. The Balaban J connectivity index is 2.00. The van der Waals surface area contributed by atoms with Crippen LogP contribution in [-0.2, 0) is 0 Å². The van der Waals surface area contributed by atoms with E-state index in [9.17, 15) is 9.59 Å². The molecule has 0 bridgehead atoms. The van der Waals surface area contributed by atoms with Crippen LogP contribution in [-0.4, -0.2) is 5.91 Å². The van der Waals surface area contributed by atoms with Gasteiger partial charge in [0.15, 0.2) is 0 Å². The van der Waals surface area contributed by atoms with E-state index in [0.29, 0.717) is 21.7 Å². The lowest BCUT2D eigenvalue weighted by molar-refractivity contribution is 0.102. The van der Waals surface area contributed by atoms with Crippen molar-refractivity contribution in [1.29, 1.82) is 0 Å². The van der Waals surface area contributed by atoms with Crippen molar-refractivity contribution in [3.8, 4) is 0 Å². The van der Waals surface area contributed by atoms with Crippen LogP contribution in [0.3, 0.4) is 0 Å². The van der Waals surface area contributed by atoms with Crippen LogP contribution in [0.4, 0.5) is 5.69 Å². The number of para-hydroxylation sites is 2. The van der Waals surface area contributed by atoms with E-state index in [4.69, 9.17) is 16.0 Å². The summed E-state index contributed by atoms with van der Waals surface area (Å²) in [4.78, 5) is 24.1. The summed E-state index contributed by atoms with van der Waals surface area (Å²) < 4.78 is 5.13. The fourth-order valence-electron chi connectivity index (χ4n) is 1.97. The molecule has 3 rings (SSSR count). The van der Waals surface area contributed by atoms with Crippen molar-refractivity contribution in [1.82, 2.24) is 0 Å². The third-order valence-corrected chi connectivity index (χ3v) is 3.34. The number of benzene rings is 2. The Morgan fingerprint density at radius 2 is 1.76 bits per heavy atom. The van der Waals surface area contributed by atoms with Crippen molar-refractivity contribution >= 4 is 34.2 Å². The van der Waals surface area contributed by atoms with Crippen LogP contribution >= 0.6 is 11.6 Å².